The molecule has 1 N–H and O–H groups in total. The number of halogens is 1. The number of ketones is 1. The number of carboxylic acid groups (broad SMARTS) is 1. The van der Waals surface area contributed by atoms with Gasteiger partial charge in [-0.05, 0) is 30.7 Å². The summed E-state index contributed by atoms with van der Waals surface area (Å²) in [6, 6.07) is 7.12. The third kappa shape index (κ3) is 2.17. The van der Waals surface area contributed by atoms with Gasteiger partial charge in [-0.15, -0.1) is 11.3 Å². The van der Waals surface area contributed by atoms with Gasteiger partial charge in [-0.2, -0.15) is 0 Å². The van der Waals surface area contributed by atoms with Crippen molar-refractivity contribution in [3.05, 3.63) is 57.0 Å². The Morgan fingerprint density at radius 1 is 1.28 bits per heavy atom. The minimum atomic E-state index is -1.08. The molecule has 2 aromatic rings. The van der Waals surface area contributed by atoms with Crippen LogP contribution in [0.2, 0.25) is 0 Å². The van der Waals surface area contributed by atoms with Gasteiger partial charge >= 0.3 is 5.97 Å². The Morgan fingerprint density at radius 2 is 1.94 bits per heavy atom. The molecule has 0 fully saturated rings. The molecule has 0 saturated carbocycles. The normalized spacial score (nSPS) is 10.3. The van der Waals surface area contributed by atoms with E-state index >= 15 is 0 Å². The standard InChI is InChI=1S/C13H9FO3S/c1-7-6-10(18-12(7)13(16)17)11(15)8-4-2-3-5-9(8)14/h2-6H,1H3,(H,16,17). The first-order valence-corrected chi connectivity index (χ1v) is 5.95. The fraction of sp³-hybridized carbons (Fsp3) is 0.0769. The molecule has 1 aromatic heterocycles. The van der Waals surface area contributed by atoms with E-state index in [9.17, 15) is 14.0 Å². The second-order valence-electron chi connectivity index (χ2n) is 3.74. The van der Waals surface area contributed by atoms with Crippen LogP contribution in [0.1, 0.15) is 30.5 Å². The summed E-state index contributed by atoms with van der Waals surface area (Å²) in [6.45, 7) is 1.61. The maximum absolute atomic E-state index is 13.5. The van der Waals surface area contributed by atoms with Gasteiger partial charge in [0.1, 0.15) is 10.7 Å². The van der Waals surface area contributed by atoms with E-state index in [0.29, 0.717) is 5.56 Å². The van der Waals surface area contributed by atoms with Crippen molar-refractivity contribution >= 4 is 23.1 Å². The van der Waals surface area contributed by atoms with E-state index in [1.165, 1.54) is 24.3 Å². The molecular formula is C13H9FO3S. The Kier molecular flexibility index (Phi) is 3.25. The van der Waals surface area contributed by atoms with Crippen LogP contribution in [0.15, 0.2) is 30.3 Å². The number of aryl methyl sites for hydroxylation is 1. The van der Waals surface area contributed by atoms with Crippen LogP contribution in [0.3, 0.4) is 0 Å². The maximum Gasteiger partial charge on any atom is 0.346 e. The van der Waals surface area contributed by atoms with E-state index in [0.717, 1.165) is 11.3 Å². The van der Waals surface area contributed by atoms with Gasteiger partial charge in [0.25, 0.3) is 0 Å². The molecule has 92 valence electrons. The van der Waals surface area contributed by atoms with Crippen LogP contribution in [0.25, 0.3) is 0 Å². The molecule has 2 rings (SSSR count). The van der Waals surface area contributed by atoms with Crippen molar-refractivity contribution in [3.63, 3.8) is 0 Å². The minimum Gasteiger partial charge on any atom is -0.477 e. The predicted octanol–water partition coefficient (Wildman–Crippen LogP) is 3.12. The van der Waals surface area contributed by atoms with E-state index in [1.54, 1.807) is 13.0 Å². The van der Waals surface area contributed by atoms with Crippen LogP contribution in [0.5, 0.6) is 0 Å². The van der Waals surface area contributed by atoms with Gasteiger partial charge < -0.3 is 5.11 Å². The molecule has 0 aliphatic carbocycles. The zero-order chi connectivity index (χ0) is 13.3. The summed E-state index contributed by atoms with van der Waals surface area (Å²) in [6.07, 6.45) is 0. The maximum atomic E-state index is 13.5. The highest BCUT2D eigenvalue weighted by molar-refractivity contribution is 7.16. The zero-order valence-electron chi connectivity index (χ0n) is 9.44. The van der Waals surface area contributed by atoms with Crippen molar-refractivity contribution in [3.8, 4) is 0 Å². The molecule has 0 spiro atoms. The number of benzene rings is 1. The van der Waals surface area contributed by atoms with E-state index in [1.807, 2.05) is 0 Å². The molecule has 18 heavy (non-hydrogen) atoms. The highest BCUT2D eigenvalue weighted by Crippen LogP contribution is 2.25. The molecule has 0 aliphatic heterocycles. The first-order valence-electron chi connectivity index (χ1n) is 5.13. The molecule has 1 aromatic carbocycles. The van der Waals surface area contributed by atoms with Crippen LogP contribution in [0, 0.1) is 12.7 Å². The number of carbonyl (C=O) groups is 2. The predicted molar refractivity (Wildman–Crippen MR) is 65.8 cm³/mol. The Bertz CT molecular complexity index is 631. The third-order valence-electron chi connectivity index (χ3n) is 2.45. The summed E-state index contributed by atoms with van der Waals surface area (Å²) in [4.78, 5) is 23.3. The Hall–Kier alpha value is -2.01. The van der Waals surface area contributed by atoms with E-state index < -0.39 is 17.6 Å². The number of hydrogen-bond acceptors (Lipinski definition) is 3. The summed E-state index contributed by atoms with van der Waals surface area (Å²) >= 11 is 0.863. The molecule has 5 heteroatoms. The van der Waals surface area contributed by atoms with Crippen molar-refractivity contribution < 1.29 is 19.1 Å². The Labute approximate surface area is 107 Å². The third-order valence-corrected chi connectivity index (χ3v) is 3.68. The van der Waals surface area contributed by atoms with Crippen molar-refractivity contribution in [2.45, 2.75) is 6.92 Å². The summed E-state index contributed by atoms with van der Waals surface area (Å²) in [5.74, 6) is -2.18. The Balaban J connectivity index is 2.44. The first kappa shape index (κ1) is 12.4. The molecule has 3 nitrogen and oxygen atoms in total. The lowest BCUT2D eigenvalue weighted by Gasteiger charge is -1.98. The van der Waals surface area contributed by atoms with Gasteiger partial charge in [0, 0.05) is 0 Å². The smallest absolute Gasteiger partial charge is 0.346 e. The lowest BCUT2D eigenvalue weighted by atomic mass is 10.1. The highest BCUT2D eigenvalue weighted by Gasteiger charge is 2.19. The molecule has 0 saturated heterocycles. The fourth-order valence-electron chi connectivity index (χ4n) is 1.58. The fourth-order valence-corrected chi connectivity index (χ4v) is 2.55. The van der Waals surface area contributed by atoms with Crippen LogP contribution < -0.4 is 0 Å². The summed E-state index contributed by atoms with van der Waals surface area (Å²) < 4.78 is 13.5. The lowest BCUT2D eigenvalue weighted by molar-refractivity contribution is 0.0701. The van der Waals surface area contributed by atoms with E-state index in [4.69, 9.17) is 5.11 Å². The number of thiophene rings is 1. The van der Waals surface area contributed by atoms with Crippen molar-refractivity contribution in [2.75, 3.05) is 0 Å². The molecule has 0 radical (unpaired) electrons. The van der Waals surface area contributed by atoms with Crippen molar-refractivity contribution in [1.29, 1.82) is 0 Å². The van der Waals surface area contributed by atoms with E-state index in [-0.39, 0.29) is 15.3 Å². The van der Waals surface area contributed by atoms with Crippen molar-refractivity contribution in [2.24, 2.45) is 0 Å². The van der Waals surface area contributed by atoms with Gasteiger partial charge in [-0.3, -0.25) is 4.79 Å². The second kappa shape index (κ2) is 4.70. The van der Waals surface area contributed by atoms with Gasteiger partial charge in [0.15, 0.2) is 0 Å². The molecule has 0 bridgehead atoms. The molecule has 0 aliphatic rings. The van der Waals surface area contributed by atoms with Crippen LogP contribution in [-0.2, 0) is 0 Å². The van der Waals surface area contributed by atoms with Gasteiger partial charge in [-0.1, -0.05) is 12.1 Å². The largest absolute Gasteiger partial charge is 0.477 e. The summed E-state index contributed by atoms with van der Waals surface area (Å²) in [5.41, 5.74) is 0.461. The van der Waals surface area contributed by atoms with Crippen molar-refractivity contribution in [1.82, 2.24) is 0 Å². The number of carboxylic acids is 1. The van der Waals surface area contributed by atoms with Gasteiger partial charge in [0.2, 0.25) is 5.78 Å². The first-order chi connectivity index (χ1) is 8.50. The summed E-state index contributed by atoms with van der Waals surface area (Å²) in [5, 5.41) is 8.91. The van der Waals surface area contributed by atoms with Gasteiger partial charge in [0.05, 0.1) is 10.4 Å². The SMILES string of the molecule is Cc1cc(C(=O)c2ccccc2F)sc1C(=O)O. The van der Waals surface area contributed by atoms with E-state index in [2.05, 4.69) is 0 Å². The zero-order valence-corrected chi connectivity index (χ0v) is 10.3. The Morgan fingerprint density at radius 3 is 2.50 bits per heavy atom. The average molecular weight is 264 g/mol. The molecule has 0 atom stereocenters. The molecular weight excluding hydrogens is 255 g/mol. The molecule has 1 heterocycles. The van der Waals surface area contributed by atoms with Gasteiger partial charge in [-0.25, -0.2) is 9.18 Å². The van der Waals surface area contributed by atoms with Crippen LogP contribution in [0.4, 0.5) is 4.39 Å². The quantitative estimate of drug-likeness (QED) is 0.866. The molecule has 0 amide bonds. The lowest BCUT2D eigenvalue weighted by Crippen LogP contribution is -2.01. The highest BCUT2D eigenvalue weighted by atomic mass is 32.1. The monoisotopic (exact) mass is 264 g/mol. The second-order valence-corrected chi connectivity index (χ2v) is 4.79. The minimum absolute atomic E-state index is 0.0457. The number of carbonyl (C=O) groups excluding carboxylic acids is 1. The number of rotatable bonds is 3. The average Bonchev–Trinajstić information content (AvgIpc) is 2.71. The van der Waals surface area contributed by atoms with Crippen LogP contribution in [-0.4, -0.2) is 16.9 Å². The molecule has 0 unspecified atom stereocenters. The number of aromatic carboxylic acids is 1. The summed E-state index contributed by atoms with van der Waals surface area (Å²) in [7, 11) is 0. The number of hydrogen-bond donors (Lipinski definition) is 1. The topological polar surface area (TPSA) is 54.4 Å². The van der Waals surface area contributed by atoms with Crippen LogP contribution >= 0.6 is 11.3 Å².